The molecule has 3 heterocycles. The molecular weight excluding hydrogens is 599 g/mol. The van der Waals surface area contributed by atoms with E-state index in [1.54, 1.807) is 11.4 Å². The normalized spacial score (nSPS) is 22.5. The Morgan fingerprint density at radius 2 is 1.70 bits per heavy atom. The summed E-state index contributed by atoms with van der Waals surface area (Å²) in [5.74, 6) is -6.56. The Hall–Kier alpha value is -3.14. The molecule has 0 radical (unpaired) electrons. The summed E-state index contributed by atoms with van der Waals surface area (Å²) in [7, 11) is 0. The predicted octanol–water partition coefficient (Wildman–Crippen LogP) is 4.56. The van der Waals surface area contributed by atoms with Crippen molar-refractivity contribution in [2.75, 3.05) is 6.61 Å². The maximum Gasteiger partial charge on any atom is 0.303 e. The van der Waals surface area contributed by atoms with E-state index in [4.69, 9.17) is 30.5 Å². The number of rotatable bonds is 8. The number of hydrogen-bond donors (Lipinski definition) is 0. The number of thioether (sulfide) groups is 1. The Balaban J connectivity index is 1.80. The highest BCUT2D eigenvalue weighted by molar-refractivity contribution is 8.01. The van der Waals surface area contributed by atoms with Crippen LogP contribution >= 0.6 is 34.7 Å². The van der Waals surface area contributed by atoms with Crippen molar-refractivity contribution in [2.24, 2.45) is 0 Å². The van der Waals surface area contributed by atoms with E-state index in [-0.39, 0.29) is 17.9 Å². The second kappa shape index (κ2) is 12.6. The number of esters is 3. The van der Waals surface area contributed by atoms with Gasteiger partial charge in [0.1, 0.15) is 29.9 Å². The standard InChI is InChI=1S/C24H21ClF3N3O7S2/c1-10(32)35-8-18-22(36-11(2)33)21(23(37-12(3)34)24(38-18)40-19-6-14(25)9-39-19)31-7-17(29-30-31)13-4-15(26)20(28)16(27)5-13/h4-7,9,18,21-24H,8H2,1-3H3/t18?,21-,22-,23?,24+/m0/s1. The highest BCUT2D eigenvalue weighted by Gasteiger charge is 2.52. The molecule has 0 N–H and O–H groups in total. The molecule has 1 aliphatic heterocycles. The third kappa shape index (κ3) is 6.95. The molecule has 2 unspecified atom stereocenters. The molecule has 1 saturated heterocycles. The molecule has 1 fully saturated rings. The van der Waals surface area contributed by atoms with Crippen LogP contribution in [-0.4, -0.2) is 63.3 Å². The first-order valence-electron chi connectivity index (χ1n) is 11.5. The third-order valence-electron chi connectivity index (χ3n) is 5.54. The van der Waals surface area contributed by atoms with Crippen molar-refractivity contribution >= 4 is 52.6 Å². The molecule has 214 valence electrons. The van der Waals surface area contributed by atoms with Gasteiger partial charge in [-0.3, -0.25) is 14.4 Å². The van der Waals surface area contributed by atoms with Crippen LogP contribution in [0.25, 0.3) is 11.3 Å². The molecule has 0 spiro atoms. The molecule has 0 bridgehead atoms. The summed E-state index contributed by atoms with van der Waals surface area (Å²) in [4.78, 5) is 35.9. The SMILES string of the molecule is CC(=O)OCC1O[C@H](Sc2cc(Cl)cs2)C(OC(C)=O)[C@@H](n2cc(-c3cc(F)c(F)c(F)c3)nn2)[C@H]1OC(C)=O. The number of halogens is 4. The Morgan fingerprint density at radius 3 is 2.27 bits per heavy atom. The third-order valence-corrected chi connectivity index (χ3v) is 8.15. The van der Waals surface area contributed by atoms with Crippen molar-refractivity contribution in [3.05, 3.63) is 52.3 Å². The van der Waals surface area contributed by atoms with Crippen LogP contribution in [0.1, 0.15) is 26.8 Å². The molecule has 0 amide bonds. The highest BCUT2D eigenvalue weighted by Crippen LogP contribution is 2.43. The van der Waals surface area contributed by atoms with Crippen molar-refractivity contribution in [3.8, 4) is 11.3 Å². The van der Waals surface area contributed by atoms with Gasteiger partial charge in [-0.2, -0.15) is 0 Å². The lowest BCUT2D eigenvalue weighted by Gasteiger charge is -2.44. The Labute approximate surface area is 238 Å². The summed E-state index contributed by atoms with van der Waals surface area (Å²) >= 11 is 8.52. The van der Waals surface area contributed by atoms with E-state index in [0.717, 1.165) is 30.8 Å². The predicted molar refractivity (Wildman–Crippen MR) is 136 cm³/mol. The summed E-state index contributed by atoms with van der Waals surface area (Å²) in [5.41, 5.74) is -1.14. The van der Waals surface area contributed by atoms with Crippen LogP contribution in [0.5, 0.6) is 0 Å². The fraction of sp³-hybridized carbons (Fsp3) is 0.375. The quantitative estimate of drug-likeness (QED) is 0.202. The van der Waals surface area contributed by atoms with Gasteiger partial charge in [-0.25, -0.2) is 17.9 Å². The average molecular weight is 620 g/mol. The topological polar surface area (TPSA) is 119 Å². The maximum atomic E-state index is 13.9. The summed E-state index contributed by atoms with van der Waals surface area (Å²) in [5, 5.41) is 10.1. The van der Waals surface area contributed by atoms with E-state index in [0.29, 0.717) is 9.23 Å². The lowest BCUT2D eigenvalue weighted by Crippen LogP contribution is -2.57. The minimum atomic E-state index is -1.65. The van der Waals surface area contributed by atoms with Crippen molar-refractivity contribution in [1.29, 1.82) is 0 Å². The van der Waals surface area contributed by atoms with Crippen LogP contribution in [0.4, 0.5) is 13.2 Å². The summed E-state index contributed by atoms with van der Waals surface area (Å²) in [6.07, 6.45) is -2.20. The Kier molecular flexibility index (Phi) is 9.38. The summed E-state index contributed by atoms with van der Waals surface area (Å²) < 4.78 is 65.7. The molecule has 0 saturated carbocycles. The Bertz CT molecular complexity index is 1400. The van der Waals surface area contributed by atoms with Crippen molar-refractivity contribution in [3.63, 3.8) is 0 Å². The number of aromatic nitrogens is 3. The van der Waals surface area contributed by atoms with E-state index in [2.05, 4.69) is 10.3 Å². The average Bonchev–Trinajstić information content (AvgIpc) is 3.51. The van der Waals surface area contributed by atoms with Gasteiger partial charge in [-0.05, 0) is 18.2 Å². The van der Waals surface area contributed by atoms with Crippen molar-refractivity contribution < 1.29 is 46.5 Å². The molecule has 16 heteroatoms. The zero-order valence-corrected chi connectivity index (χ0v) is 23.4. The van der Waals surface area contributed by atoms with Gasteiger partial charge in [0.25, 0.3) is 0 Å². The van der Waals surface area contributed by atoms with E-state index in [1.807, 2.05) is 0 Å². The van der Waals surface area contributed by atoms with Gasteiger partial charge in [0, 0.05) is 31.7 Å². The monoisotopic (exact) mass is 619 g/mol. The number of benzene rings is 1. The van der Waals surface area contributed by atoms with Crippen molar-refractivity contribution in [1.82, 2.24) is 15.0 Å². The van der Waals surface area contributed by atoms with Crippen LogP contribution in [-0.2, 0) is 33.3 Å². The second-order valence-corrected chi connectivity index (χ2v) is 11.3. The zero-order valence-electron chi connectivity index (χ0n) is 21.0. The lowest BCUT2D eigenvalue weighted by molar-refractivity contribution is -0.212. The van der Waals surface area contributed by atoms with E-state index in [1.165, 1.54) is 36.1 Å². The van der Waals surface area contributed by atoms with Gasteiger partial charge in [0.15, 0.2) is 29.7 Å². The first-order chi connectivity index (χ1) is 18.9. The van der Waals surface area contributed by atoms with Crippen LogP contribution in [0, 0.1) is 17.5 Å². The number of thiophene rings is 1. The van der Waals surface area contributed by atoms with E-state index in [9.17, 15) is 27.6 Å². The number of carbonyl (C=O) groups excluding carboxylic acids is 3. The molecule has 10 nitrogen and oxygen atoms in total. The largest absolute Gasteiger partial charge is 0.463 e. The van der Waals surface area contributed by atoms with Gasteiger partial charge in [0.05, 0.1) is 15.4 Å². The van der Waals surface area contributed by atoms with Crippen LogP contribution < -0.4 is 0 Å². The molecule has 2 aromatic heterocycles. The summed E-state index contributed by atoms with van der Waals surface area (Å²) in [6, 6.07) is 2.04. The van der Waals surface area contributed by atoms with Crippen LogP contribution in [0.2, 0.25) is 5.02 Å². The number of carbonyl (C=O) groups is 3. The van der Waals surface area contributed by atoms with Gasteiger partial charge >= 0.3 is 17.9 Å². The molecule has 3 aromatic rings. The molecule has 1 aromatic carbocycles. The van der Waals surface area contributed by atoms with Gasteiger partial charge in [-0.1, -0.05) is 28.6 Å². The number of hydrogen-bond acceptors (Lipinski definition) is 11. The lowest BCUT2D eigenvalue weighted by atomic mass is 9.96. The molecular formula is C24H21ClF3N3O7S2. The maximum absolute atomic E-state index is 13.9. The van der Waals surface area contributed by atoms with Gasteiger partial charge in [-0.15, -0.1) is 16.4 Å². The fourth-order valence-electron chi connectivity index (χ4n) is 4.01. The van der Waals surface area contributed by atoms with Crippen molar-refractivity contribution in [2.45, 2.75) is 54.8 Å². The highest BCUT2D eigenvalue weighted by atomic mass is 35.5. The number of ether oxygens (including phenoxy) is 4. The molecule has 4 rings (SSSR count). The minimum Gasteiger partial charge on any atom is -0.463 e. The molecule has 0 aliphatic carbocycles. The first kappa shape index (κ1) is 29.8. The fourth-order valence-corrected chi connectivity index (χ4v) is 6.50. The minimum absolute atomic E-state index is 0.0572. The first-order valence-corrected chi connectivity index (χ1v) is 13.7. The second-order valence-electron chi connectivity index (χ2n) is 8.52. The van der Waals surface area contributed by atoms with E-state index < -0.39 is 65.1 Å². The Morgan fingerprint density at radius 1 is 1.05 bits per heavy atom. The number of nitrogens with zero attached hydrogens (tertiary/aromatic N) is 3. The van der Waals surface area contributed by atoms with E-state index >= 15 is 0 Å². The van der Waals surface area contributed by atoms with Gasteiger partial charge in [0.2, 0.25) is 0 Å². The van der Waals surface area contributed by atoms with Crippen LogP contribution in [0.15, 0.2) is 34.0 Å². The molecule has 5 atom stereocenters. The van der Waals surface area contributed by atoms with Gasteiger partial charge < -0.3 is 18.9 Å². The van der Waals surface area contributed by atoms with Crippen LogP contribution in [0.3, 0.4) is 0 Å². The summed E-state index contributed by atoms with van der Waals surface area (Å²) in [6.45, 7) is 3.16. The molecule has 40 heavy (non-hydrogen) atoms. The zero-order chi connectivity index (χ0) is 29.1. The molecule has 1 aliphatic rings. The smallest absolute Gasteiger partial charge is 0.303 e.